The van der Waals surface area contributed by atoms with Crippen LogP contribution in [0.1, 0.15) is 38.4 Å². The summed E-state index contributed by atoms with van der Waals surface area (Å²) in [6.07, 6.45) is 0.383. The summed E-state index contributed by atoms with van der Waals surface area (Å²) < 4.78 is 26.7. The Morgan fingerprint density at radius 2 is 2.05 bits per heavy atom. The molecule has 2 aromatic heterocycles. The second kappa shape index (κ2) is 7.26. The summed E-state index contributed by atoms with van der Waals surface area (Å²) >= 11 is 0. The summed E-state index contributed by atoms with van der Waals surface area (Å²) in [4.78, 5) is 1.88. The Morgan fingerprint density at radius 1 is 1.24 bits per heavy atom. The van der Waals surface area contributed by atoms with E-state index in [-0.39, 0.29) is 12.3 Å². The van der Waals surface area contributed by atoms with Crippen LogP contribution in [0.15, 0.2) is 12.1 Å². The molecule has 116 valence electrons. The van der Waals surface area contributed by atoms with Gasteiger partial charge in [-0.25, -0.2) is 8.78 Å². The smallest absolute Gasteiger partial charge is 0.299 e. The van der Waals surface area contributed by atoms with Gasteiger partial charge in [0, 0.05) is 13.1 Å². The van der Waals surface area contributed by atoms with Crippen LogP contribution in [0.2, 0.25) is 0 Å². The Hall–Kier alpha value is -1.83. The number of hydrogen-bond acceptors (Lipinski definition) is 5. The number of hydrogen-bond donors (Lipinski definition) is 1. The van der Waals surface area contributed by atoms with E-state index < -0.39 is 12.2 Å². The quantitative estimate of drug-likeness (QED) is 0.756. The molecule has 0 spiro atoms. The van der Waals surface area contributed by atoms with Crippen LogP contribution < -0.4 is 4.90 Å². The molecule has 0 unspecified atom stereocenters. The minimum atomic E-state index is -2.73. The second-order valence-electron chi connectivity index (χ2n) is 4.74. The highest BCUT2D eigenvalue weighted by Crippen LogP contribution is 2.19. The van der Waals surface area contributed by atoms with Gasteiger partial charge in [-0.3, -0.25) is 0 Å². The van der Waals surface area contributed by atoms with E-state index in [4.69, 9.17) is 5.11 Å². The lowest BCUT2D eigenvalue weighted by Crippen LogP contribution is -2.29. The van der Waals surface area contributed by atoms with E-state index in [1.165, 1.54) is 0 Å². The van der Waals surface area contributed by atoms with Gasteiger partial charge in [0.1, 0.15) is 5.82 Å². The van der Waals surface area contributed by atoms with Gasteiger partial charge >= 0.3 is 0 Å². The van der Waals surface area contributed by atoms with Crippen molar-refractivity contribution < 1.29 is 13.9 Å². The molecular weight excluding hydrogens is 280 g/mol. The van der Waals surface area contributed by atoms with Crippen molar-refractivity contribution in [2.45, 2.75) is 32.6 Å². The summed E-state index contributed by atoms with van der Waals surface area (Å²) in [5.41, 5.74) is 0.284. The Morgan fingerprint density at radius 3 is 2.71 bits per heavy atom. The van der Waals surface area contributed by atoms with Gasteiger partial charge in [-0.1, -0.05) is 19.8 Å². The average molecular weight is 299 g/mol. The van der Waals surface area contributed by atoms with Crippen molar-refractivity contribution in [1.82, 2.24) is 19.8 Å². The largest absolute Gasteiger partial charge is 0.395 e. The summed E-state index contributed by atoms with van der Waals surface area (Å²) in [6, 6.07) is 3.31. The first-order valence-electron chi connectivity index (χ1n) is 7.03. The van der Waals surface area contributed by atoms with E-state index in [0.29, 0.717) is 12.4 Å². The molecule has 0 fully saturated rings. The molecule has 0 aliphatic rings. The molecule has 2 heterocycles. The zero-order valence-electron chi connectivity index (χ0n) is 11.9. The van der Waals surface area contributed by atoms with Gasteiger partial charge in [0.25, 0.3) is 6.43 Å². The maximum atomic E-state index is 12.8. The van der Waals surface area contributed by atoms with Crippen molar-refractivity contribution in [3.63, 3.8) is 0 Å². The van der Waals surface area contributed by atoms with Crippen molar-refractivity contribution in [2.75, 3.05) is 24.6 Å². The summed E-state index contributed by atoms with van der Waals surface area (Å²) in [5.74, 6) is 0.0682. The molecular formula is C13H19F2N5O. The predicted octanol–water partition coefficient (Wildman–Crippen LogP) is 2.05. The monoisotopic (exact) mass is 299 g/mol. The molecule has 0 atom stereocenters. The van der Waals surface area contributed by atoms with Gasteiger partial charge in [0.15, 0.2) is 5.65 Å². The van der Waals surface area contributed by atoms with Crippen LogP contribution >= 0.6 is 0 Å². The third-order valence-electron chi connectivity index (χ3n) is 3.19. The number of anilines is 1. The number of alkyl halides is 2. The summed E-state index contributed by atoms with van der Waals surface area (Å²) in [6.45, 7) is 3.22. The summed E-state index contributed by atoms with van der Waals surface area (Å²) in [5, 5.41) is 20.4. The van der Waals surface area contributed by atoms with Crippen molar-refractivity contribution >= 4 is 11.5 Å². The van der Waals surface area contributed by atoms with Crippen molar-refractivity contribution in [3.05, 3.63) is 18.0 Å². The number of halogens is 2. The van der Waals surface area contributed by atoms with E-state index in [1.54, 1.807) is 12.1 Å². The van der Waals surface area contributed by atoms with Gasteiger partial charge in [0.2, 0.25) is 5.82 Å². The molecule has 0 aliphatic heterocycles. The Bertz CT molecular complexity index is 575. The van der Waals surface area contributed by atoms with E-state index in [1.807, 2.05) is 4.90 Å². The molecule has 0 saturated heterocycles. The lowest BCUT2D eigenvalue weighted by atomic mass is 10.2. The number of nitrogens with zero attached hydrogens (tertiary/aromatic N) is 5. The van der Waals surface area contributed by atoms with E-state index in [9.17, 15) is 8.78 Å². The third-order valence-corrected chi connectivity index (χ3v) is 3.19. The first-order chi connectivity index (χ1) is 10.2. The number of aliphatic hydroxyl groups is 1. The van der Waals surface area contributed by atoms with Crippen LogP contribution in [0.5, 0.6) is 0 Å². The zero-order chi connectivity index (χ0) is 15.2. The maximum absolute atomic E-state index is 12.8. The van der Waals surface area contributed by atoms with E-state index in [2.05, 4.69) is 22.2 Å². The second-order valence-corrected chi connectivity index (χ2v) is 4.74. The molecule has 0 bridgehead atoms. The van der Waals surface area contributed by atoms with Crippen LogP contribution in [-0.2, 0) is 0 Å². The molecule has 0 radical (unpaired) electrons. The predicted molar refractivity (Wildman–Crippen MR) is 74.6 cm³/mol. The Labute approximate surface area is 121 Å². The molecule has 2 rings (SSSR count). The summed E-state index contributed by atoms with van der Waals surface area (Å²) in [7, 11) is 0. The molecule has 2 aromatic rings. The number of aromatic nitrogens is 4. The van der Waals surface area contributed by atoms with Gasteiger partial charge < -0.3 is 10.0 Å². The third kappa shape index (κ3) is 3.63. The SMILES string of the molecule is CCCCCN(CCO)c1ccc2nnc(C(F)F)n2n1. The molecule has 6 nitrogen and oxygen atoms in total. The minimum absolute atomic E-state index is 0.0181. The van der Waals surface area contributed by atoms with Crippen molar-refractivity contribution in [3.8, 4) is 0 Å². The van der Waals surface area contributed by atoms with Gasteiger partial charge in [-0.05, 0) is 18.6 Å². The fourth-order valence-corrected chi connectivity index (χ4v) is 2.11. The highest BCUT2D eigenvalue weighted by atomic mass is 19.3. The molecule has 1 N–H and O–H groups in total. The number of aliphatic hydroxyl groups excluding tert-OH is 1. The molecule has 0 saturated carbocycles. The fraction of sp³-hybridized carbons (Fsp3) is 0.615. The first kappa shape index (κ1) is 15.6. The van der Waals surface area contributed by atoms with Crippen LogP contribution in [0.3, 0.4) is 0 Å². The number of fused-ring (bicyclic) bond motifs is 1. The number of unbranched alkanes of at least 4 members (excludes halogenated alkanes) is 2. The first-order valence-corrected chi connectivity index (χ1v) is 7.03. The minimum Gasteiger partial charge on any atom is -0.395 e. The molecule has 21 heavy (non-hydrogen) atoms. The van der Waals surface area contributed by atoms with Crippen molar-refractivity contribution in [1.29, 1.82) is 0 Å². The topological polar surface area (TPSA) is 66.5 Å². The Balaban J connectivity index is 2.27. The normalized spacial score (nSPS) is 11.5. The Kier molecular flexibility index (Phi) is 5.38. The highest BCUT2D eigenvalue weighted by Gasteiger charge is 2.18. The van der Waals surface area contributed by atoms with Crippen LogP contribution in [0, 0.1) is 0 Å². The lowest BCUT2D eigenvalue weighted by molar-refractivity contribution is 0.137. The van der Waals surface area contributed by atoms with Crippen LogP contribution in [0.4, 0.5) is 14.6 Å². The average Bonchev–Trinajstić information content (AvgIpc) is 2.89. The highest BCUT2D eigenvalue weighted by molar-refractivity contribution is 5.45. The molecule has 8 heteroatoms. The zero-order valence-corrected chi connectivity index (χ0v) is 11.9. The van der Waals surface area contributed by atoms with Gasteiger partial charge in [-0.15, -0.1) is 15.3 Å². The molecule has 0 aromatic carbocycles. The lowest BCUT2D eigenvalue weighted by Gasteiger charge is -2.22. The van der Waals surface area contributed by atoms with Crippen LogP contribution in [0.25, 0.3) is 5.65 Å². The van der Waals surface area contributed by atoms with E-state index >= 15 is 0 Å². The standard InChI is InChI=1S/C13H19F2N5O/c1-2-3-4-7-19(8-9-21)11-6-5-10-16-17-13(12(14)15)20(10)18-11/h5-6,12,21H,2-4,7-9H2,1H3. The molecule has 0 aliphatic carbocycles. The number of rotatable bonds is 8. The fourth-order valence-electron chi connectivity index (χ4n) is 2.11. The van der Waals surface area contributed by atoms with Gasteiger partial charge in [0.05, 0.1) is 6.61 Å². The van der Waals surface area contributed by atoms with Crippen molar-refractivity contribution in [2.24, 2.45) is 0 Å². The molecule has 0 amide bonds. The van der Waals surface area contributed by atoms with E-state index in [0.717, 1.165) is 30.3 Å². The maximum Gasteiger partial charge on any atom is 0.299 e. The van der Waals surface area contributed by atoms with Crippen LogP contribution in [-0.4, -0.2) is 44.6 Å². The van der Waals surface area contributed by atoms with Gasteiger partial charge in [-0.2, -0.15) is 4.52 Å².